The van der Waals surface area contributed by atoms with Gasteiger partial charge in [0.2, 0.25) is 10.0 Å². The summed E-state index contributed by atoms with van der Waals surface area (Å²) in [6.45, 7) is 6.05. The molecule has 1 aliphatic rings. The highest BCUT2D eigenvalue weighted by Gasteiger charge is 2.22. The van der Waals surface area contributed by atoms with Crippen molar-refractivity contribution in [2.45, 2.75) is 20.3 Å². The van der Waals surface area contributed by atoms with Crippen LogP contribution < -0.4 is 14.9 Å². The number of anilines is 1. The highest BCUT2D eigenvalue weighted by Crippen LogP contribution is 2.27. The SMILES string of the molecule is CCNC(=NCCNS(=O)(=O)CC)N1CCc2ccccc21. The molecule has 1 heterocycles. The molecule has 2 rings (SSSR count). The van der Waals surface area contributed by atoms with Gasteiger partial charge in [0.15, 0.2) is 5.96 Å². The third-order valence-electron chi connectivity index (χ3n) is 3.55. The lowest BCUT2D eigenvalue weighted by Gasteiger charge is -2.22. The smallest absolute Gasteiger partial charge is 0.211 e. The Hall–Kier alpha value is -1.60. The average molecular weight is 324 g/mol. The second-order valence-corrected chi connectivity index (χ2v) is 7.16. The standard InChI is InChI=1S/C15H24N4O2S/c1-3-16-15(17-10-11-18-22(20,21)4-2)19-12-9-13-7-5-6-8-14(13)19/h5-8,18H,3-4,9-12H2,1-2H3,(H,16,17). The molecule has 0 saturated heterocycles. The molecule has 0 atom stereocenters. The Bertz CT molecular complexity index is 628. The normalized spacial score (nSPS) is 15.0. The molecule has 6 nitrogen and oxygen atoms in total. The first-order chi connectivity index (χ1) is 10.6. The lowest BCUT2D eigenvalue weighted by molar-refractivity contribution is 0.583. The number of hydrogen-bond acceptors (Lipinski definition) is 3. The van der Waals surface area contributed by atoms with Crippen LogP contribution in [0.25, 0.3) is 0 Å². The summed E-state index contributed by atoms with van der Waals surface area (Å²) < 4.78 is 25.3. The number of rotatable bonds is 6. The highest BCUT2D eigenvalue weighted by atomic mass is 32.2. The van der Waals surface area contributed by atoms with Gasteiger partial charge in [0.1, 0.15) is 0 Å². The van der Waals surface area contributed by atoms with Gasteiger partial charge in [0.05, 0.1) is 12.3 Å². The summed E-state index contributed by atoms with van der Waals surface area (Å²) in [7, 11) is -3.15. The molecular weight excluding hydrogens is 300 g/mol. The summed E-state index contributed by atoms with van der Waals surface area (Å²) in [6, 6.07) is 8.30. The van der Waals surface area contributed by atoms with Gasteiger partial charge in [-0.3, -0.25) is 4.99 Å². The number of fused-ring (bicyclic) bond motifs is 1. The highest BCUT2D eigenvalue weighted by molar-refractivity contribution is 7.89. The van der Waals surface area contributed by atoms with Crippen LogP contribution in [0.4, 0.5) is 5.69 Å². The number of nitrogens with one attached hydrogen (secondary N) is 2. The molecule has 22 heavy (non-hydrogen) atoms. The van der Waals surface area contributed by atoms with Gasteiger partial charge in [-0.25, -0.2) is 13.1 Å². The molecule has 0 aromatic heterocycles. The molecule has 0 saturated carbocycles. The fraction of sp³-hybridized carbons (Fsp3) is 0.533. The molecule has 0 bridgehead atoms. The monoisotopic (exact) mass is 324 g/mol. The van der Waals surface area contributed by atoms with E-state index in [0.29, 0.717) is 13.1 Å². The van der Waals surface area contributed by atoms with Gasteiger partial charge >= 0.3 is 0 Å². The van der Waals surface area contributed by atoms with E-state index in [2.05, 4.69) is 32.1 Å². The molecule has 2 N–H and O–H groups in total. The number of aliphatic imine (C=N–C) groups is 1. The molecule has 1 aromatic rings. The van der Waals surface area contributed by atoms with Gasteiger partial charge in [-0.05, 0) is 31.9 Å². The van der Waals surface area contributed by atoms with Crippen LogP contribution >= 0.6 is 0 Å². The molecule has 0 fully saturated rings. The summed E-state index contributed by atoms with van der Waals surface area (Å²) in [5.41, 5.74) is 2.50. The minimum atomic E-state index is -3.15. The van der Waals surface area contributed by atoms with E-state index in [0.717, 1.165) is 25.5 Å². The van der Waals surface area contributed by atoms with Crippen LogP contribution in [0, 0.1) is 0 Å². The summed E-state index contributed by atoms with van der Waals surface area (Å²) in [6.07, 6.45) is 1.00. The van der Waals surface area contributed by atoms with Crippen molar-refractivity contribution in [3.8, 4) is 0 Å². The van der Waals surface area contributed by atoms with Crippen molar-refractivity contribution in [3.63, 3.8) is 0 Å². The number of guanidine groups is 1. The molecule has 0 radical (unpaired) electrons. The average Bonchev–Trinajstić information content (AvgIpc) is 2.94. The van der Waals surface area contributed by atoms with Crippen LogP contribution in [0.3, 0.4) is 0 Å². The maximum Gasteiger partial charge on any atom is 0.211 e. The van der Waals surface area contributed by atoms with Crippen molar-refractivity contribution in [3.05, 3.63) is 29.8 Å². The lowest BCUT2D eigenvalue weighted by Crippen LogP contribution is -2.41. The van der Waals surface area contributed by atoms with Crippen LogP contribution in [-0.4, -0.2) is 46.3 Å². The topological polar surface area (TPSA) is 73.8 Å². The summed E-state index contributed by atoms with van der Waals surface area (Å²) in [5, 5.41) is 3.28. The molecule has 0 spiro atoms. The van der Waals surface area contributed by atoms with E-state index >= 15 is 0 Å². The van der Waals surface area contributed by atoms with Crippen molar-refractivity contribution in [2.24, 2.45) is 4.99 Å². The van der Waals surface area contributed by atoms with E-state index in [1.165, 1.54) is 11.3 Å². The van der Waals surface area contributed by atoms with Crippen molar-refractivity contribution in [2.75, 3.05) is 36.8 Å². The van der Waals surface area contributed by atoms with Crippen molar-refractivity contribution >= 4 is 21.7 Å². The fourth-order valence-corrected chi connectivity index (χ4v) is 3.02. The molecule has 0 aliphatic carbocycles. The van der Waals surface area contributed by atoms with Gasteiger partial charge in [0, 0.05) is 25.3 Å². The van der Waals surface area contributed by atoms with Gasteiger partial charge in [-0.1, -0.05) is 18.2 Å². The predicted octanol–water partition coefficient (Wildman–Crippen LogP) is 0.954. The number of hydrogen-bond donors (Lipinski definition) is 2. The Morgan fingerprint density at radius 2 is 2.09 bits per heavy atom. The van der Waals surface area contributed by atoms with Crippen molar-refractivity contribution in [1.29, 1.82) is 0 Å². The molecule has 122 valence electrons. The Kier molecular flexibility index (Phi) is 5.79. The number of benzene rings is 1. The molecule has 7 heteroatoms. The van der Waals surface area contributed by atoms with E-state index in [1.54, 1.807) is 6.92 Å². The summed E-state index contributed by atoms with van der Waals surface area (Å²) in [4.78, 5) is 6.70. The first-order valence-electron chi connectivity index (χ1n) is 7.68. The van der Waals surface area contributed by atoms with Crippen LogP contribution in [-0.2, 0) is 16.4 Å². The largest absolute Gasteiger partial charge is 0.356 e. The van der Waals surface area contributed by atoms with E-state index in [4.69, 9.17) is 0 Å². The minimum Gasteiger partial charge on any atom is -0.356 e. The molecule has 0 amide bonds. The summed E-state index contributed by atoms with van der Waals surface area (Å²) in [5.74, 6) is 0.902. The predicted molar refractivity (Wildman–Crippen MR) is 90.9 cm³/mol. The Morgan fingerprint density at radius 1 is 1.32 bits per heavy atom. The summed E-state index contributed by atoms with van der Waals surface area (Å²) >= 11 is 0. The van der Waals surface area contributed by atoms with Crippen molar-refractivity contribution < 1.29 is 8.42 Å². The maximum absolute atomic E-state index is 11.4. The van der Waals surface area contributed by atoms with Gasteiger partial charge in [-0.15, -0.1) is 0 Å². The first-order valence-corrected chi connectivity index (χ1v) is 9.33. The number of sulfonamides is 1. The first kappa shape index (κ1) is 16.8. The van der Waals surface area contributed by atoms with Gasteiger partial charge in [0.25, 0.3) is 0 Å². The van der Waals surface area contributed by atoms with E-state index in [9.17, 15) is 8.42 Å². The van der Waals surface area contributed by atoms with Gasteiger partial charge < -0.3 is 10.2 Å². The van der Waals surface area contributed by atoms with Crippen LogP contribution in [0.15, 0.2) is 29.3 Å². The quantitative estimate of drug-likeness (QED) is 0.464. The van der Waals surface area contributed by atoms with Crippen molar-refractivity contribution in [1.82, 2.24) is 10.0 Å². The zero-order valence-corrected chi connectivity index (χ0v) is 14.0. The molecular formula is C15H24N4O2S. The Labute approximate surface area is 132 Å². The van der Waals surface area contributed by atoms with E-state index in [-0.39, 0.29) is 5.75 Å². The molecule has 1 aliphatic heterocycles. The lowest BCUT2D eigenvalue weighted by atomic mass is 10.2. The van der Waals surface area contributed by atoms with E-state index in [1.807, 2.05) is 19.1 Å². The third-order valence-corrected chi connectivity index (χ3v) is 4.96. The second kappa shape index (κ2) is 7.60. The number of para-hydroxylation sites is 1. The molecule has 0 unspecified atom stereocenters. The number of nitrogens with zero attached hydrogens (tertiary/aromatic N) is 2. The Morgan fingerprint density at radius 3 is 2.82 bits per heavy atom. The fourth-order valence-electron chi connectivity index (χ4n) is 2.42. The maximum atomic E-state index is 11.4. The third kappa shape index (κ3) is 4.20. The Balaban J connectivity index is 2.03. The second-order valence-electron chi connectivity index (χ2n) is 5.06. The van der Waals surface area contributed by atoms with Crippen LogP contribution in [0.5, 0.6) is 0 Å². The zero-order chi connectivity index (χ0) is 16.0. The molecule has 1 aromatic carbocycles. The van der Waals surface area contributed by atoms with Crippen LogP contribution in [0.2, 0.25) is 0 Å². The van der Waals surface area contributed by atoms with Gasteiger partial charge in [-0.2, -0.15) is 0 Å². The zero-order valence-electron chi connectivity index (χ0n) is 13.2. The van der Waals surface area contributed by atoms with E-state index < -0.39 is 10.0 Å². The van der Waals surface area contributed by atoms with Crippen LogP contribution in [0.1, 0.15) is 19.4 Å². The minimum absolute atomic E-state index is 0.0935.